The molecule has 0 unspecified atom stereocenters. The van der Waals surface area contributed by atoms with Crippen molar-refractivity contribution in [3.8, 4) is 6.07 Å². The lowest BCUT2D eigenvalue weighted by Crippen LogP contribution is -2.44. The van der Waals surface area contributed by atoms with Gasteiger partial charge in [-0.25, -0.2) is 0 Å². The van der Waals surface area contributed by atoms with Crippen molar-refractivity contribution >= 4 is 27.5 Å². The van der Waals surface area contributed by atoms with E-state index in [9.17, 15) is 10.1 Å². The molecule has 0 radical (unpaired) electrons. The van der Waals surface area contributed by atoms with E-state index >= 15 is 0 Å². The Morgan fingerprint density at radius 1 is 1.39 bits per heavy atom. The molecule has 122 valence electrons. The van der Waals surface area contributed by atoms with Gasteiger partial charge in [-0.3, -0.25) is 4.79 Å². The average Bonchev–Trinajstić information content (AvgIpc) is 2.57. The lowest BCUT2D eigenvalue weighted by atomic mass is 10.0. The molecule has 1 aromatic rings. The second-order valence-corrected chi connectivity index (χ2v) is 6.69. The maximum absolute atomic E-state index is 12.5. The van der Waals surface area contributed by atoms with Crippen molar-refractivity contribution in [3.63, 3.8) is 0 Å². The average molecular weight is 377 g/mol. The Kier molecular flexibility index (Phi) is 6.20. The van der Waals surface area contributed by atoms with Crippen LogP contribution in [0, 0.1) is 11.3 Å². The van der Waals surface area contributed by atoms with Gasteiger partial charge in [0.1, 0.15) is 11.6 Å². The Hall–Kier alpha value is -1.84. The van der Waals surface area contributed by atoms with E-state index in [4.69, 9.17) is 0 Å². The van der Waals surface area contributed by atoms with Crippen LogP contribution in [0.3, 0.4) is 0 Å². The Bertz CT molecular complexity index is 612. The van der Waals surface area contributed by atoms with Crippen molar-refractivity contribution in [1.82, 2.24) is 9.80 Å². The van der Waals surface area contributed by atoms with E-state index in [1.807, 2.05) is 30.3 Å². The molecular formula is C17H21BrN4O. The quantitative estimate of drug-likeness (QED) is 0.648. The van der Waals surface area contributed by atoms with Gasteiger partial charge in [-0.2, -0.15) is 5.26 Å². The molecule has 0 atom stereocenters. The highest BCUT2D eigenvalue weighted by Crippen LogP contribution is 2.17. The number of hydrogen-bond acceptors (Lipinski definition) is 4. The third kappa shape index (κ3) is 4.81. The third-order valence-electron chi connectivity index (χ3n) is 4.13. The van der Waals surface area contributed by atoms with Crippen molar-refractivity contribution in [2.75, 3.05) is 32.5 Å². The maximum atomic E-state index is 12.5. The predicted molar refractivity (Wildman–Crippen MR) is 94.7 cm³/mol. The van der Waals surface area contributed by atoms with Gasteiger partial charge in [-0.15, -0.1) is 0 Å². The largest absolute Gasteiger partial charge is 0.360 e. The van der Waals surface area contributed by atoms with Gasteiger partial charge in [0.2, 0.25) is 0 Å². The highest BCUT2D eigenvalue weighted by molar-refractivity contribution is 9.10. The first kappa shape index (κ1) is 17.5. The second kappa shape index (κ2) is 8.14. The zero-order valence-electron chi connectivity index (χ0n) is 13.4. The van der Waals surface area contributed by atoms with Crippen molar-refractivity contribution in [2.45, 2.75) is 18.9 Å². The first-order valence-electron chi connectivity index (χ1n) is 7.59. The minimum absolute atomic E-state index is 0.120. The predicted octanol–water partition coefficient (Wildman–Crippen LogP) is 2.82. The lowest BCUT2D eigenvalue weighted by Gasteiger charge is -2.34. The van der Waals surface area contributed by atoms with E-state index in [1.165, 1.54) is 6.20 Å². The molecule has 0 aromatic heterocycles. The molecule has 0 spiro atoms. The summed E-state index contributed by atoms with van der Waals surface area (Å²) in [6, 6.07) is 9.74. The Balaban J connectivity index is 2.01. The van der Waals surface area contributed by atoms with Crippen LogP contribution >= 0.6 is 15.9 Å². The Morgan fingerprint density at radius 3 is 2.57 bits per heavy atom. The molecule has 1 fully saturated rings. The number of rotatable bonds is 4. The third-order valence-corrected chi connectivity index (χ3v) is 4.66. The number of benzene rings is 1. The number of nitrogens with zero attached hydrogens (tertiary/aromatic N) is 3. The van der Waals surface area contributed by atoms with Crippen LogP contribution in [0.5, 0.6) is 0 Å². The molecule has 1 amide bonds. The molecule has 1 aromatic carbocycles. The van der Waals surface area contributed by atoms with E-state index in [1.54, 1.807) is 11.9 Å². The molecule has 23 heavy (non-hydrogen) atoms. The molecule has 0 aliphatic carbocycles. The number of carbonyl (C=O) groups excluding carboxylic acids is 1. The van der Waals surface area contributed by atoms with Gasteiger partial charge in [0.25, 0.3) is 5.91 Å². The first-order valence-corrected chi connectivity index (χ1v) is 8.38. The zero-order valence-corrected chi connectivity index (χ0v) is 15.0. The summed E-state index contributed by atoms with van der Waals surface area (Å²) in [5.41, 5.74) is 0.949. The zero-order chi connectivity index (χ0) is 16.8. The second-order valence-electron chi connectivity index (χ2n) is 5.77. The van der Waals surface area contributed by atoms with Gasteiger partial charge in [0, 0.05) is 29.4 Å². The summed E-state index contributed by atoms with van der Waals surface area (Å²) in [6.45, 7) is 1.95. The number of halogens is 1. The number of amides is 1. The van der Waals surface area contributed by atoms with Crippen LogP contribution in [-0.4, -0.2) is 48.9 Å². The minimum Gasteiger partial charge on any atom is -0.360 e. The molecule has 2 rings (SSSR count). The van der Waals surface area contributed by atoms with Gasteiger partial charge in [0.15, 0.2) is 0 Å². The SMILES string of the molecule is CN1CCC(N(C)C(=O)/C(C#N)=C\Nc2ccc(Br)cc2)CC1. The van der Waals surface area contributed by atoms with E-state index < -0.39 is 0 Å². The molecule has 6 heteroatoms. The van der Waals surface area contributed by atoms with Gasteiger partial charge < -0.3 is 15.1 Å². The Labute approximate surface area is 145 Å². The van der Waals surface area contributed by atoms with Crippen molar-refractivity contribution < 1.29 is 4.79 Å². The van der Waals surface area contributed by atoms with Crippen molar-refractivity contribution in [2.24, 2.45) is 0 Å². The van der Waals surface area contributed by atoms with Gasteiger partial charge >= 0.3 is 0 Å². The van der Waals surface area contributed by atoms with Crippen LogP contribution in [0.25, 0.3) is 0 Å². The molecule has 1 aliphatic heterocycles. The molecule has 0 saturated carbocycles. The summed E-state index contributed by atoms with van der Waals surface area (Å²) < 4.78 is 0.977. The highest BCUT2D eigenvalue weighted by atomic mass is 79.9. The summed E-state index contributed by atoms with van der Waals surface area (Å²) in [6.07, 6.45) is 3.37. The number of likely N-dealkylation sites (tertiary alicyclic amines) is 1. The fourth-order valence-electron chi connectivity index (χ4n) is 2.58. The van der Waals surface area contributed by atoms with Crippen LogP contribution in [0.2, 0.25) is 0 Å². The topological polar surface area (TPSA) is 59.4 Å². The van der Waals surface area contributed by atoms with Gasteiger partial charge in [-0.05, 0) is 57.2 Å². The molecule has 1 heterocycles. The summed E-state index contributed by atoms with van der Waals surface area (Å²) in [4.78, 5) is 16.5. The van der Waals surface area contributed by atoms with Gasteiger partial charge in [-0.1, -0.05) is 15.9 Å². The monoisotopic (exact) mass is 376 g/mol. The van der Waals surface area contributed by atoms with Crippen molar-refractivity contribution in [1.29, 1.82) is 5.26 Å². The van der Waals surface area contributed by atoms with Crippen LogP contribution in [0.15, 0.2) is 40.5 Å². The van der Waals surface area contributed by atoms with E-state index in [0.29, 0.717) is 0 Å². The number of nitriles is 1. The molecule has 5 nitrogen and oxygen atoms in total. The number of piperidine rings is 1. The lowest BCUT2D eigenvalue weighted by molar-refractivity contribution is -0.128. The number of carbonyl (C=O) groups is 1. The normalized spacial score (nSPS) is 16.7. The molecule has 1 N–H and O–H groups in total. The number of anilines is 1. The van der Waals surface area contributed by atoms with E-state index in [-0.39, 0.29) is 17.5 Å². The Morgan fingerprint density at radius 2 is 2.00 bits per heavy atom. The highest BCUT2D eigenvalue weighted by Gasteiger charge is 2.25. The summed E-state index contributed by atoms with van der Waals surface area (Å²) in [5, 5.41) is 12.3. The van der Waals surface area contributed by atoms with Crippen molar-refractivity contribution in [3.05, 3.63) is 40.5 Å². The number of hydrogen-bond donors (Lipinski definition) is 1. The van der Waals surface area contributed by atoms with Gasteiger partial charge in [0.05, 0.1) is 0 Å². The summed E-state index contributed by atoms with van der Waals surface area (Å²) in [7, 11) is 3.86. The fraction of sp³-hybridized carbons (Fsp3) is 0.412. The smallest absolute Gasteiger partial charge is 0.266 e. The summed E-state index contributed by atoms with van der Waals surface area (Å²) >= 11 is 3.37. The van der Waals surface area contributed by atoms with Crippen LogP contribution in [0.4, 0.5) is 5.69 Å². The molecule has 1 saturated heterocycles. The minimum atomic E-state index is -0.230. The molecule has 0 bridgehead atoms. The first-order chi connectivity index (χ1) is 11.0. The standard InChI is InChI=1S/C17H21BrN4O/c1-21-9-7-16(8-10-21)22(2)17(23)13(11-19)12-20-15-5-3-14(18)4-6-15/h3-6,12,16,20H,7-10H2,1-2H3/b13-12-. The van der Waals surface area contributed by atoms with E-state index in [0.717, 1.165) is 36.1 Å². The molecular weight excluding hydrogens is 356 g/mol. The maximum Gasteiger partial charge on any atom is 0.266 e. The number of nitrogens with one attached hydrogen (secondary N) is 1. The van der Waals surface area contributed by atoms with Crippen LogP contribution < -0.4 is 5.32 Å². The fourth-order valence-corrected chi connectivity index (χ4v) is 2.85. The van der Waals surface area contributed by atoms with E-state index in [2.05, 4.69) is 33.2 Å². The van der Waals surface area contributed by atoms with Crippen LogP contribution in [-0.2, 0) is 4.79 Å². The molecule has 1 aliphatic rings. The van der Waals surface area contributed by atoms with Crippen LogP contribution in [0.1, 0.15) is 12.8 Å². The number of likely N-dealkylation sites (N-methyl/N-ethyl adjacent to an activating group) is 1. The summed E-state index contributed by atoms with van der Waals surface area (Å²) in [5.74, 6) is -0.230.